The van der Waals surface area contributed by atoms with E-state index in [1.165, 1.54) is 45.1 Å². The van der Waals surface area contributed by atoms with Crippen LogP contribution < -0.4 is 16.0 Å². The van der Waals surface area contributed by atoms with E-state index in [9.17, 15) is 43.2 Å². The van der Waals surface area contributed by atoms with Gasteiger partial charge in [-0.2, -0.15) is 0 Å². The van der Waals surface area contributed by atoms with Crippen molar-refractivity contribution in [3.63, 3.8) is 0 Å². The molecular formula is C52H81N7O13. The van der Waals surface area contributed by atoms with Crippen molar-refractivity contribution < 1.29 is 62.5 Å². The minimum Gasteiger partial charge on any atom is -0.481 e. The largest absolute Gasteiger partial charge is 0.481 e. The van der Waals surface area contributed by atoms with E-state index in [-0.39, 0.29) is 50.6 Å². The first kappa shape index (κ1) is 62.0. The molecule has 10 atom stereocenters. The van der Waals surface area contributed by atoms with Crippen molar-refractivity contribution in [2.45, 2.75) is 149 Å². The molecule has 1 aliphatic heterocycles. The summed E-state index contributed by atoms with van der Waals surface area (Å²) in [6, 6.07) is 3.93. The van der Waals surface area contributed by atoms with Crippen molar-refractivity contribution in [3.05, 3.63) is 35.9 Å². The number of likely N-dealkylation sites (N-methyl/N-ethyl adjacent to an activating group) is 2. The number of carbonyl (C=O) groups is 9. The number of esters is 1. The molecule has 1 saturated heterocycles. The van der Waals surface area contributed by atoms with E-state index in [2.05, 4.69) is 16.0 Å². The molecule has 0 saturated carbocycles. The third-order valence-electron chi connectivity index (χ3n) is 13.6. The van der Waals surface area contributed by atoms with Crippen molar-refractivity contribution in [2.75, 3.05) is 55.1 Å². The summed E-state index contributed by atoms with van der Waals surface area (Å²) in [7, 11) is 7.27. The molecule has 0 radical (unpaired) electrons. The number of carboxylic acids is 1. The van der Waals surface area contributed by atoms with Crippen LogP contribution in [0.5, 0.6) is 0 Å². The summed E-state index contributed by atoms with van der Waals surface area (Å²) in [5.74, 6) is -5.38. The average molecular weight is 1010 g/mol. The van der Waals surface area contributed by atoms with Gasteiger partial charge < -0.3 is 54.9 Å². The summed E-state index contributed by atoms with van der Waals surface area (Å²) in [4.78, 5) is 125. The average Bonchev–Trinajstić information content (AvgIpc) is 3.83. The number of nitrogens with one attached hydrogen (secondary N) is 3. The van der Waals surface area contributed by atoms with Crippen molar-refractivity contribution in [1.29, 1.82) is 0 Å². The molecule has 1 aliphatic rings. The number of hydrogen-bond donors (Lipinski definition) is 4. The van der Waals surface area contributed by atoms with Crippen LogP contribution in [-0.2, 0) is 63.8 Å². The van der Waals surface area contributed by atoms with E-state index in [1.807, 2.05) is 50.1 Å². The van der Waals surface area contributed by atoms with E-state index in [0.717, 1.165) is 10.5 Å². The summed E-state index contributed by atoms with van der Waals surface area (Å²) >= 11 is 0. The Hall–Kier alpha value is -6.07. The Morgan fingerprint density at radius 2 is 1.44 bits per heavy atom. The number of amides is 7. The van der Waals surface area contributed by atoms with Gasteiger partial charge in [-0.1, -0.05) is 85.2 Å². The number of likely N-dealkylation sites (tertiary alicyclic amines) is 1. The fourth-order valence-electron chi connectivity index (χ4n) is 9.38. The van der Waals surface area contributed by atoms with Gasteiger partial charge in [0.25, 0.3) is 5.91 Å². The normalized spacial score (nSPS) is 17.1. The lowest BCUT2D eigenvalue weighted by atomic mass is 9.89. The Balaban J connectivity index is 2.27. The summed E-state index contributed by atoms with van der Waals surface area (Å²) < 4.78 is 17.0. The highest BCUT2D eigenvalue weighted by Gasteiger charge is 2.44. The third kappa shape index (κ3) is 17.6. The number of carbonyl (C=O) groups excluding carboxylic acids is 8. The zero-order valence-electron chi connectivity index (χ0n) is 44.6. The zero-order chi connectivity index (χ0) is 54.6. The molecule has 402 valence electrons. The van der Waals surface area contributed by atoms with Crippen molar-refractivity contribution in [1.82, 2.24) is 35.6 Å². The minimum absolute atomic E-state index is 0.111. The van der Waals surface area contributed by atoms with Crippen LogP contribution in [0, 0.1) is 36.0 Å². The Bertz CT molecular complexity index is 2050. The summed E-state index contributed by atoms with van der Waals surface area (Å²) in [6.45, 7) is 14.1. The maximum atomic E-state index is 14.7. The van der Waals surface area contributed by atoms with Gasteiger partial charge in [-0.15, -0.1) is 6.42 Å². The molecule has 72 heavy (non-hydrogen) atoms. The molecule has 1 aromatic carbocycles. The standard InChI is InChI=1S/C52H81N7O13/c1-15-33(7)46(39(70-12)30-42(62)59-26-20-23-38(59)47(71-13)34(8)48(65)54-37(52(69)72-14)29-36-21-18-17-19-22-36)57(11)51(68)44(31(3)4)55-49(66)45(32(5)6)56(10)50(67)35(9)53-40(60)24-27-58(41(61)16-2)28-25-43(63)64/h2,17-19,21-22,31-35,37-39,44-47H,15,20,23-30H2,1,3-14H3,(H,53,60)(H,54,65)(H,55,66)(H,63,64)/t33-,34+,35-,37-,38-,39+,44-,45?,46-,47+/m0/s1. The van der Waals surface area contributed by atoms with Crippen molar-refractivity contribution in [3.8, 4) is 12.3 Å². The Morgan fingerprint density at radius 1 is 0.819 bits per heavy atom. The number of aliphatic carboxylic acids is 1. The second kappa shape index (κ2) is 30.1. The summed E-state index contributed by atoms with van der Waals surface area (Å²) in [6.07, 6.45) is 4.98. The third-order valence-corrected chi connectivity index (χ3v) is 13.6. The molecule has 7 amide bonds. The topological polar surface area (TPSA) is 251 Å². The Labute approximate surface area is 425 Å². The number of nitrogens with zero attached hydrogens (tertiary/aromatic N) is 4. The van der Waals surface area contributed by atoms with Crippen LogP contribution in [0.1, 0.15) is 99.5 Å². The summed E-state index contributed by atoms with van der Waals surface area (Å²) in [5.41, 5.74) is 0.836. The molecule has 1 heterocycles. The van der Waals surface area contributed by atoms with Gasteiger partial charge in [0.05, 0.1) is 50.2 Å². The first-order valence-electron chi connectivity index (χ1n) is 24.8. The van der Waals surface area contributed by atoms with Crippen LogP contribution in [-0.4, -0.2) is 182 Å². The quantitative estimate of drug-likeness (QED) is 0.0665. The van der Waals surface area contributed by atoms with Crippen LogP contribution in [0.3, 0.4) is 0 Å². The molecule has 1 fully saturated rings. The van der Waals surface area contributed by atoms with E-state index in [0.29, 0.717) is 25.8 Å². The van der Waals surface area contributed by atoms with E-state index < -0.39 is 114 Å². The minimum atomic E-state index is -1.15. The van der Waals surface area contributed by atoms with Crippen LogP contribution in [0.15, 0.2) is 30.3 Å². The van der Waals surface area contributed by atoms with Gasteiger partial charge in [-0.3, -0.25) is 38.4 Å². The number of methoxy groups -OCH3 is 3. The molecule has 20 heteroatoms. The highest BCUT2D eigenvalue weighted by atomic mass is 16.5. The maximum absolute atomic E-state index is 14.7. The van der Waals surface area contributed by atoms with Gasteiger partial charge >= 0.3 is 11.9 Å². The number of ether oxygens (including phenoxy) is 3. The van der Waals surface area contributed by atoms with Gasteiger partial charge in [-0.05, 0) is 49.0 Å². The molecule has 2 rings (SSSR count). The molecule has 1 aromatic rings. The van der Waals surface area contributed by atoms with Crippen LogP contribution in [0.4, 0.5) is 0 Å². The van der Waals surface area contributed by atoms with Gasteiger partial charge in [0.1, 0.15) is 24.2 Å². The fraction of sp³-hybridized carbons (Fsp3) is 0.673. The molecule has 1 unspecified atom stereocenters. The second-order valence-electron chi connectivity index (χ2n) is 19.4. The predicted octanol–water partition coefficient (Wildman–Crippen LogP) is 2.26. The monoisotopic (exact) mass is 1010 g/mol. The first-order valence-corrected chi connectivity index (χ1v) is 24.8. The van der Waals surface area contributed by atoms with E-state index in [1.54, 1.807) is 46.6 Å². The molecule has 0 aromatic heterocycles. The number of benzene rings is 1. The predicted molar refractivity (Wildman–Crippen MR) is 268 cm³/mol. The van der Waals surface area contributed by atoms with Gasteiger partial charge in [0, 0.05) is 60.8 Å². The zero-order valence-corrected chi connectivity index (χ0v) is 44.6. The molecule has 0 spiro atoms. The smallest absolute Gasteiger partial charge is 0.328 e. The van der Waals surface area contributed by atoms with E-state index in [4.69, 9.17) is 25.7 Å². The fourth-order valence-corrected chi connectivity index (χ4v) is 9.38. The molecule has 0 bridgehead atoms. The molecule has 4 N–H and O–H groups in total. The highest BCUT2D eigenvalue weighted by molar-refractivity contribution is 5.95. The molecular weight excluding hydrogens is 931 g/mol. The first-order chi connectivity index (χ1) is 33.9. The number of terminal acetylenes is 1. The molecule has 0 aliphatic carbocycles. The van der Waals surface area contributed by atoms with E-state index >= 15 is 0 Å². The Kier molecular flexibility index (Phi) is 25.9. The number of rotatable bonds is 29. The number of carboxylic acid groups (broad SMARTS) is 1. The lowest BCUT2D eigenvalue weighted by Crippen LogP contribution is -2.61. The van der Waals surface area contributed by atoms with Gasteiger partial charge in [0.2, 0.25) is 35.4 Å². The Morgan fingerprint density at radius 3 is 1.97 bits per heavy atom. The SMILES string of the molecule is C#CC(=O)N(CCC(=O)O)CCC(=O)N[C@@H](C)C(=O)N(C)C(C(=O)N[C@H](C(=O)N(C)[C@@H]([C@@H](C)CC)[C@@H](CC(=O)N1CCC[C@H]1[C@H](OC)[C@@H](C)C(=O)N[C@@H](Cc1ccccc1)C(=O)OC)OC)C(C)C)C(C)C. The lowest BCUT2D eigenvalue weighted by molar-refractivity contribution is -0.149. The van der Waals surface area contributed by atoms with Gasteiger partial charge in [-0.25, -0.2) is 4.79 Å². The lowest BCUT2D eigenvalue weighted by Gasteiger charge is -2.41. The number of hydrogen-bond acceptors (Lipinski definition) is 12. The highest BCUT2D eigenvalue weighted by Crippen LogP contribution is 2.30. The van der Waals surface area contributed by atoms with Crippen LogP contribution in [0.25, 0.3) is 0 Å². The van der Waals surface area contributed by atoms with Crippen LogP contribution in [0.2, 0.25) is 0 Å². The summed E-state index contributed by atoms with van der Waals surface area (Å²) in [5, 5.41) is 17.3. The van der Waals surface area contributed by atoms with Crippen LogP contribution >= 0.6 is 0 Å². The molecule has 20 nitrogen and oxygen atoms in total. The second-order valence-corrected chi connectivity index (χ2v) is 19.4. The van der Waals surface area contributed by atoms with Crippen molar-refractivity contribution >= 4 is 53.3 Å². The van der Waals surface area contributed by atoms with Crippen molar-refractivity contribution in [2.24, 2.45) is 23.7 Å². The maximum Gasteiger partial charge on any atom is 0.328 e. The van der Waals surface area contributed by atoms with Gasteiger partial charge in [0.15, 0.2) is 0 Å².